The van der Waals surface area contributed by atoms with Crippen LogP contribution in [0.1, 0.15) is 0 Å². The van der Waals surface area contributed by atoms with Crippen molar-refractivity contribution in [3.8, 4) is 11.5 Å². The Morgan fingerprint density at radius 1 is 0.952 bits per heavy atom. The van der Waals surface area contributed by atoms with Crippen LogP contribution < -0.4 is 20.1 Å². The van der Waals surface area contributed by atoms with E-state index in [1.807, 2.05) is 0 Å². The van der Waals surface area contributed by atoms with E-state index in [2.05, 4.69) is 10.6 Å². The second-order valence-electron chi connectivity index (χ2n) is 4.12. The van der Waals surface area contributed by atoms with E-state index in [1.165, 1.54) is 14.2 Å². The van der Waals surface area contributed by atoms with Crippen LogP contribution in [-0.2, 0) is 0 Å². The van der Waals surface area contributed by atoms with Crippen LogP contribution >= 0.6 is 11.6 Å². The third kappa shape index (κ3) is 3.79. The molecule has 2 aromatic rings. The fraction of sp³-hybridized carbons (Fsp3) is 0.133. The van der Waals surface area contributed by atoms with Gasteiger partial charge in [-0.2, -0.15) is 0 Å². The van der Waals surface area contributed by atoms with Gasteiger partial charge in [0.15, 0.2) is 0 Å². The minimum absolute atomic E-state index is 0.403. The molecule has 0 aliphatic rings. The number of urea groups is 1. The molecule has 5 nitrogen and oxygen atoms in total. The third-order valence-corrected chi connectivity index (χ3v) is 3.02. The highest BCUT2D eigenvalue weighted by atomic mass is 35.5. The molecule has 0 saturated carbocycles. The SMILES string of the molecule is COc1cccc(OC)c1NC(=O)Nc1ccc(Cl)cc1. The largest absolute Gasteiger partial charge is 0.494 e. The van der Waals surface area contributed by atoms with Crippen molar-refractivity contribution >= 4 is 29.0 Å². The van der Waals surface area contributed by atoms with Crippen LogP contribution in [0.25, 0.3) is 0 Å². The number of anilines is 2. The molecule has 2 rings (SSSR count). The molecular weight excluding hydrogens is 292 g/mol. The van der Waals surface area contributed by atoms with Crippen LogP contribution in [0.2, 0.25) is 5.02 Å². The summed E-state index contributed by atoms with van der Waals surface area (Å²) >= 11 is 5.80. The molecule has 0 atom stereocenters. The summed E-state index contributed by atoms with van der Waals surface area (Å²) in [7, 11) is 3.05. The number of hydrogen-bond donors (Lipinski definition) is 2. The maximum atomic E-state index is 12.0. The van der Waals surface area contributed by atoms with Gasteiger partial charge in [-0.25, -0.2) is 4.79 Å². The third-order valence-electron chi connectivity index (χ3n) is 2.77. The number of carbonyl (C=O) groups is 1. The lowest BCUT2D eigenvalue weighted by molar-refractivity contribution is 0.262. The molecule has 0 saturated heterocycles. The number of hydrogen-bond acceptors (Lipinski definition) is 3. The Morgan fingerprint density at radius 3 is 2.05 bits per heavy atom. The van der Waals surface area contributed by atoms with Gasteiger partial charge >= 0.3 is 6.03 Å². The summed E-state index contributed by atoms with van der Waals surface area (Å²) in [5, 5.41) is 6.02. The zero-order chi connectivity index (χ0) is 15.2. The lowest BCUT2D eigenvalue weighted by Crippen LogP contribution is -2.20. The van der Waals surface area contributed by atoms with Crippen LogP contribution in [0.4, 0.5) is 16.2 Å². The Labute approximate surface area is 127 Å². The van der Waals surface area contributed by atoms with Crippen molar-refractivity contribution in [3.05, 3.63) is 47.5 Å². The smallest absolute Gasteiger partial charge is 0.323 e. The fourth-order valence-electron chi connectivity index (χ4n) is 1.78. The Bertz CT molecular complexity index is 607. The maximum Gasteiger partial charge on any atom is 0.323 e. The number of carbonyl (C=O) groups excluding carboxylic acids is 1. The number of amides is 2. The lowest BCUT2D eigenvalue weighted by atomic mass is 10.2. The molecule has 2 aromatic carbocycles. The first kappa shape index (κ1) is 15.0. The van der Waals surface area contributed by atoms with E-state index in [-0.39, 0.29) is 0 Å². The Morgan fingerprint density at radius 2 is 1.52 bits per heavy atom. The number of benzene rings is 2. The van der Waals surface area contributed by atoms with Gasteiger partial charge in [0.2, 0.25) is 0 Å². The van der Waals surface area contributed by atoms with E-state index < -0.39 is 6.03 Å². The lowest BCUT2D eigenvalue weighted by Gasteiger charge is -2.14. The molecule has 0 bridgehead atoms. The van der Waals surface area contributed by atoms with Crippen molar-refractivity contribution in [2.75, 3.05) is 24.9 Å². The second kappa shape index (κ2) is 6.85. The minimum atomic E-state index is -0.403. The molecule has 0 spiro atoms. The van der Waals surface area contributed by atoms with E-state index in [9.17, 15) is 4.79 Å². The van der Waals surface area contributed by atoms with Gasteiger partial charge in [0.05, 0.1) is 14.2 Å². The van der Waals surface area contributed by atoms with Crippen molar-refractivity contribution in [1.29, 1.82) is 0 Å². The van der Waals surface area contributed by atoms with Gasteiger partial charge in [-0.05, 0) is 36.4 Å². The van der Waals surface area contributed by atoms with Gasteiger partial charge in [0.25, 0.3) is 0 Å². The van der Waals surface area contributed by atoms with Crippen molar-refractivity contribution in [1.82, 2.24) is 0 Å². The number of para-hydroxylation sites is 1. The predicted molar refractivity (Wildman–Crippen MR) is 83.6 cm³/mol. The summed E-state index contributed by atoms with van der Waals surface area (Å²) in [5.74, 6) is 1.03. The number of nitrogens with one attached hydrogen (secondary N) is 2. The molecular formula is C15H15ClN2O3. The first-order chi connectivity index (χ1) is 10.1. The quantitative estimate of drug-likeness (QED) is 0.897. The molecule has 0 aliphatic carbocycles. The van der Waals surface area contributed by atoms with Gasteiger partial charge in [0, 0.05) is 10.7 Å². The molecule has 0 unspecified atom stereocenters. The Kier molecular flexibility index (Phi) is 4.90. The van der Waals surface area contributed by atoms with Crippen LogP contribution in [0.15, 0.2) is 42.5 Å². The van der Waals surface area contributed by atoms with Crippen molar-refractivity contribution in [2.24, 2.45) is 0 Å². The first-order valence-electron chi connectivity index (χ1n) is 6.18. The summed E-state index contributed by atoms with van der Waals surface area (Å²) in [6, 6.07) is 11.7. The van der Waals surface area contributed by atoms with E-state index in [1.54, 1.807) is 42.5 Å². The zero-order valence-electron chi connectivity index (χ0n) is 11.6. The molecule has 0 aromatic heterocycles. The summed E-state index contributed by atoms with van der Waals surface area (Å²) in [6.45, 7) is 0. The average molecular weight is 307 g/mol. The Balaban J connectivity index is 2.14. The van der Waals surface area contributed by atoms with Gasteiger partial charge in [-0.3, -0.25) is 0 Å². The highest BCUT2D eigenvalue weighted by molar-refractivity contribution is 6.30. The molecule has 110 valence electrons. The molecule has 2 amide bonds. The number of ether oxygens (including phenoxy) is 2. The van der Waals surface area contributed by atoms with Crippen LogP contribution in [0.5, 0.6) is 11.5 Å². The highest BCUT2D eigenvalue weighted by Gasteiger charge is 2.13. The molecule has 0 heterocycles. The van der Waals surface area contributed by atoms with Crippen LogP contribution in [0.3, 0.4) is 0 Å². The first-order valence-corrected chi connectivity index (χ1v) is 6.56. The van der Waals surface area contributed by atoms with Crippen LogP contribution in [-0.4, -0.2) is 20.3 Å². The van der Waals surface area contributed by atoms with Crippen molar-refractivity contribution < 1.29 is 14.3 Å². The van der Waals surface area contributed by atoms with Gasteiger partial charge in [-0.15, -0.1) is 0 Å². The standard InChI is InChI=1S/C15H15ClN2O3/c1-20-12-4-3-5-13(21-2)14(12)18-15(19)17-11-8-6-10(16)7-9-11/h3-9H,1-2H3,(H2,17,18,19). The summed E-state index contributed by atoms with van der Waals surface area (Å²) in [4.78, 5) is 12.0. The number of methoxy groups -OCH3 is 2. The fourth-order valence-corrected chi connectivity index (χ4v) is 1.91. The number of halogens is 1. The predicted octanol–water partition coefficient (Wildman–Crippen LogP) is 4.00. The van der Waals surface area contributed by atoms with E-state index in [0.717, 1.165) is 0 Å². The molecule has 0 fully saturated rings. The molecule has 6 heteroatoms. The van der Waals surface area contributed by atoms with E-state index in [4.69, 9.17) is 21.1 Å². The zero-order valence-corrected chi connectivity index (χ0v) is 12.4. The minimum Gasteiger partial charge on any atom is -0.494 e. The Hall–Kier alpha value is -2.40. The van der Waals surface area contributed by atoms with Crippen molar-refractivity contribution in [2.45, 2.75) is 0 Å². The summed E-state index contributed by atoms with van der Waals surface area (Å²) in [6.07, 6.45) is 0. The van der Waals surface area contributed by atoms with E-state index >= 15 is 0 Å². The highest BCUT2D eigenvalue weighted by Crippen LogP contribution is 2.34. The van der Waals surface area contributed by atoms with E-state index in [0.29, 0.717) is 27.9 Å². The summed E-state index contributed by atoms with van der Waals surface area (Å²) in [5.41, 5.74) is 1.10. The van der Waals surface area contributed by atoms with Gasteiger partial charge in [-0.1, -0.05) is 17.7 Å². The normalized spacial score (nSPS) is 9.86. The second-order valence-corrected chi connectivity index (χ2v) is 4.56. The monoisotopic (exact) mass is 306 g/mol. The molecule has 0 radical (unpaired) electrons. The number of rotatable bonds is 4. The molecule has 2 N–H and O–H groups in total. The average Bonchev–Trinajstić information content (AvgIpc) is 2.49. The van der Waals surface area contributed by atoms with Gasteiger partial charge in [0.1, 0.15) is 17.2 Å². The van der Waals surface area contributed by atoms with Crippen LogP contribution in [0, 0.1) is 0 Å². The molecule has 0 aliphatic heterocycles. The maximum absolute atomic E-state index is 12.0. The van der Waals surface area contributed by atoms with Crippen molar-refractivity contribution in [3.63, 3.8) is 0 Å². The topological polar surface area (TPSA) is 59.6 Å². The summed E-state index contributed by atoms with van der Waals surface area (Å²) < 4.78 is 10.4. The van der Waals surface area contributed by atoms with Gasteiger partial charge < -0.3 is 20.1 Å². The molecule has 21 heavy (non-hydrogen) atoms.